The van der Waals surface area contributed by atoms with Crippen LogP contribution < -0.4 is 0 Å². The van der Waals surface area contributed by atoms with E-state index in [1.54, 1.807) is 0 Å². The number of imidazole rings is 1. The van der Waals surface area contributed by atoms with Crippen molar-refractivity contribution in [3.05, 3.63) is 36.3 Å². The summed E-state index contributed by atoms with van der Waals surface area (Å²) >= 11 is 0. The van der Waals surface area contributed by atoms with Crippen LogP contribution in [0.2, 0.25) is 0 Å². The predicted octanol–water partition coefficient (Wildman–Crippen LogP) is 3.23. The third-order valence-electron chi connectivity index (χ3n) is 5.39. The molecule has 2 aliphatic rings. The average molecular weight is 297 g/mol. The van der Waals surface area contributed by atoms with Gasteiger partial charge in [0.1, 0.15) is 5.65 Å². The molecule has 0 unspecified atom stereocenters. The fourth-order valence-electron chi connectivity index (χ4n) is 4.13. The molecular formula is C18H23N3O. The lowest BCUT2D eigenvalue weighted by molar-refractivity contribution is -0.136. The lowest BCUT2D eigenvalue weighted by atomic mass is 9.92. The first-order valence-corrected chi connectivity index (χ1v) is 8.54. The molecule has 2 fully saturated rings. The maximum Gasteiger partial charge on any atom is 0.225 e. The van der Waals surface area contributed by atoms with Crippen molar-refractivity contribution in [1.82, 2.24) is 14.3 Å². The number of fused-ring (bicyclic) bond motifs is 1. The van der Waals surface area contributed by atoms with Gasteiger partial charge in [0.05, 0.1) is 0 Å². The number of amides is 1. The largest absolute Gasteiger partial charge is 0.342 e. The molecule has 1 saturated heterocycles. The minimum atomic E-state index is 0.314. The zero-order valence-corrected chi connectivity index (χ0v) is 12.9. The summed E-state index contributed by atoms with van der Waals surface area (Å²) in [5, 5.41) is 0. The van der Waals surface area contributed by atoms with Crippen LogP contribution >= 0.6 is 0 Å². The zero-order valence-electron chi connectivity index (χ0n) is 12.9. The molecule has 4 rings (SSSR count). The Balaban J connectivity index is 1.45. The monoisotopic (exact) mass is 297 g/mol. The van der Waals surface area contributed by atoms with E-state index < -0.39 is 0 Å². The molecule has 1 amide bonds. The van der Waals surface area contributed by atoms with E-state index in [0.717, 1.165) is 44.4 Å². The maximum atomic E-state index is 12.5. The quantitative estimate of drug-likeness (QED) is 0.853. The van der Waals surface area contributed by atoms with Crippen LogP contribution in [0.25, 0.3) is 5.65 Å². The molecule has 1 aliphatic carbocycles. The van der Waals surface area contributed by atoms with Crippen molar-refractivity contribution in [3.63, 3.8) is 0 Å². The molecule has 0 N–H and O–H groups in total. The first-order chi connectivity index (χ1) is 10.8. The van der Waals surface area contributed by atoms with Gasteiger partial charge in [-0.1, -0.05) is 18.9 Å². The van der Waals surface area contributed by atoms with Crippen LogP contribution in [0.3, 0.4) is 0 Å². The fourth-order valence-corrected chi connectivity index (χ4v) is 4.13. The Labute approximate surface area is 131 Å². The highest BCUT2D eigenvalue weighted by Gasteiger charge is 2.30. The van der Waals surface area contributed by atoms with Gasteiger partial charge >= 0.3 is 0 Å². The van der Waals surface area contributed by atoms with Crippen molar-refractivity contribution >= 4 is 11.6 Å². The van der Waals surface area contributed by atoms with Crippen molar-refractivity contribution in [1.29, 1.82) is 0 Å². The number of carbonyl (C=O) groups is 1. The second-order valence-electron chi connectivity index (χ2n) is 6.69. The predicted molar refractivity (Wildman–Crippen MR) is 85.7 cm³/mol. The maximum absolute atomic E-state index is 12.5. The Morgan fingerprint density at radius 3 is 2.64 bits per heavy atom. The van der Waals surface area contributed by atoms with E-state index in [0.29, 0.717) is 17.7 Å². The molecule has 0 atom stereocenters. The summed E-state index contributed by atoms with van der Waals surface area (Å²) in [5.41, 5.74) is 2.35. The number of piperidine rings is 1. The summed E-state index contributed by atoms with van der Waals surface area (Å²) < 4.78 is 2.19. The number of rotatable bonds is 2. The Bertz CT molecular complexity index is 664. The molecule has 1 aliphatic heterocycles. The number of pyridine rings is 1. The Kier molecular flexibility index (Phi) is 3.60. The van der Waals surface area contributed by atoms with E-state index >= 15 is 0 Å². The molecule has 4 heteroatoms. The van der Waals surface area contributed by atoms with Crippen molar-refractivity contribution < 1.29 is 4.79 Å². The average Bonchev–Trinajstić information content (AvgIpc) is 3.25. The second kappa shape index (κ2) is 5.75. The third kappa shape index (κ3) is 2.40. The van der Waals surface area contributed by atoms with Gasteiger partial charge in [0.2, 0.25) is 5.91 Å². The van der Waals surface area contributed by atoms with Gasteiger partial charge < -0.3 is 9.30 Å². The summed E-state index contributed by atoms with van der Waals surface area (Å²) in [5.74, 6) is 1.26. The summed E-state index contributed by atoms with van der Waals surface area (Å²) in [4.78, 5) is 19.0. The van der Waals surface area contributed by atoms with Crippen LogP contribution in [0.1, 0.15) is 50.1 Å². The van der Waals surface area contributed by atoms with Gasteiger partial charge in [-0.2, -0.15) is 0 Å². The van der Waals surface area contributed by atoms with Gasteiger partial charge in [-0.05, 0) is 37.8 Å². The first kappa shape index (κ1) is 13.8. The lowest BCUT2D eigenvalue weighted by Crippen LogP contribution is -2.41. The van der Waals surface area contributed by atoms with Crippen LogP contribution in [0.4, 0.5) is 0 Å². The number of nitrogens with zero attached hydrogens (tertiary/aromatic N) is 3. The van der Waals surface area contributed by atoms with E-state index in [1.165, 1.54) is 18.5 Å². The Hall–Kier alpha value is -1.84. The van der Waals surface area contributed by atoms with Gasteiger partial charge in [-0.3, -0.25) is 4.79 Å². The van der Waals surface area contributed by atoms with Crippen LogP contribution in [-0.2, 0) is 4.79 Å². The van der Waals surface area contributed by atoms with Crippen LogP contribution in [0, 0.1) is 5.92 Å². The van der Waals surface area contributed by atoms with Gasteiger partial charge in [-0.25, -0.2) is 4.98 Å². The molecule has 2 aromatic heterocycles. The van der Waals surface area contributed by atoms with E-state index in [1.807, 2.05) is 18.5 Å². The molecule has 116 valence electrons. The minimum Gasteiger partial charge on any atom is -0.342 e. The summed E-state index contributed by atoms with van der Waals surface area (Å²) in [6.07, 6.45) is 10.7. The topological polar surface area (TPSA) is 37.6 Å². The van der Waals surface area contributed by atoms with Crippen LogP contribution in [0.5, 0.6) is 0 Å². The molecule has 3 heterocycles. The number of likely N-dealkylation sites (tertiary alicyclic amines) is 1. The highest BCUT2D eigenvalue weighted by Crippen LogP contribution is 2.31. The lowest BCUT2D eigenvalue weighted by Gasteiger charge is -2.34. The Morgan fingerprint density at radius 1 is 1.09 bits per heavy atom. The smallest absolute Gasteiger partial charge is 0.225 e. The van der Waals surface area contributed by atoms with E-state index in [4.69, 9.17) is 0 Å². The van der Waals surface area contributed by atoms with Crippen molar-refractivity contribution in [3.8, 4) is 0 Å². The molecular weight excluding hydrogens is 274 g/mol. The molecule has 22 heavy (non-hydrogen) atoms. The number of carbonyl (C=O) groups excluding carboxylic acids is 1. The molecule has 0 radical (unpaired) electrons. The normalized spacial score (nSPS) is 20.8. The van der Waals surface area contributed by atoms with Crippen LogP contribution in [-0.4, -0.2) is 33.3 Å². The van der Waals surface area contributed by atoms with E-state index in [-0.39, 0.29) is 0 Å². The Morgan fingerprint density at radius 2 is 1.86 bits per heavy atom. The number of aromatic nitrogens is 2. The van der Waals surface area contributed by atoms with Crippen molar-refractivity contribution in [2.24, 2.45) is 5.92 Å². The molecule has 1 saturated carbocycles. The van der Waals surface area contributed by atoms with Crippen LogP contribution in [0.15, 0.2) is 30.6 Å². The van der Waals surface area contributed by atoms with Gasteiger partial charge in [-0.15, -0.1) is 0 Å². The highest BCUT2D eigenvalue weighted by atomic mass is 16.2. The summed E-state index contributed by atoms with van der Waals surface area (Å²) in [7, 11) is 0. The van der Waals surface area contributed by atoms with Crippen molar-refractivity contribution in [2.75, 3.05) is 13.1 Å². The molecule has 0 bridgehead atoms. The molecule has 0 spiro atoms. The van der Waals surface area contributed by atoms with Gasteiger partial charge in [0.25, 0.3) is 0 Å². The number of hydrogen-bond acceptors (Lipinski definition) is 2. The third-order valence-corrected chi connectivity index (χ3v) is 5.39. The standard InChI is InChI=1S/C18H23N3O/c22-18(15-4-1-2-5-15)20-11-8-14(9-12-20)16-6-3-7-17-19-10-13-21(16)17/h3,6-7,10,13-15H,1-2,4-5,8-9,11-12H2. The zero-order chi connectivity index (χ0) is 14.9. The molecule has 2 aromatic rings. The number of hydrogen-bond donors (Lipinski definition) is 0. The summed E-state index contributed by atoms with van der Waals surface area (Å²) in [6, 6.07) is 6.34. The molecule has 4 nitrogen and oxygen atoms in total. The van der Waals surface area contributed by atoms with E-state index in [2.05, 4.69) is 26.4 Å². The van der Waals surface area contributed by atoms with Gasteiger partial charge in [0.15, 0.2) is 0 Å². The summed E-state index contributed by atoms with van der Waals surface area (Å²) in [6.45, 7) is 1.82. The molecule has 0 aromatic carbocycles. The van der Waals surface area contributed by atoms with Crippen molar-refractivity contribution in [2.45, 2.75) is 44.4 Å². The second-order valence-corrected chi connectivity index (χ2v) is 6.69. The first-order valence-electron chi connectivity index (χ1n) is 8.54. The fraction of sp³-hybridized carbons (Fsp3) is 0.556. The van der Waals surface area contributed by atoms with Gasteiger partial charge in [0, 0.05) is 43.0 Å². The van der Waals surface area contributed by atoms with E-state index in [9.17, 15) is 4.79 Å². The highest BCUT2D eigenvalue weighted by molar-refractivity contribution is 5.79. The minimum absolute atomic E-state index is 0.314. The SMILES string of the molecule is O=C(C1CCCC1)N1CCC(c2cccc3nccn23)CC1.